The quantitative estimate of drug-likeness (QED) is 0.736. The molecule has 2 aliphatic rings. The van der Waals surface area contributed by atoms with Gasteiger partial charge < -0.3 is 15.0 Å². The SMILES string of the molecule is CC(C)CCN1[C@H]2CCNc3ccccc3CN(C(=O)COc3cccnc3)C[C@@H]1CC2. The standard InChI is InChI=1S/C26H36N4O2/c1-20(2)12-15-30-22-9-10-23(30)18-29(26(31)19-32-24-7-5-13-27-16-24)17-21-6-3-4-8-25(21)28-14-11-22/h3-8,13,16,20,22-23,28H,9-12,14-15,17-19H2,1-2H3/t22-,23+/m1/s1. The number of hydrogen-bond donors (Lipinski definition) is 1. The molecule has 172 valence electrons. The first-order valence-electron chi connectivity index (χ1n) is 12.0. The first kappa shape index (κ1) is 22.6. The highest BCUT2D eigenvalue weighted by Gasteiger charge is 2.35. The van der Waals surface area contributed by atoms with Crippen molar-refractivity contribution in [3.05, 3.63) is 54.4 Å². The molecule has 0 aliphatic carbocycles. The Bertz CT molecular complexity index is 873. The van der Waals surface area contributed by atoms with Crippen molar-refractivity contribution in [2.24, 2.45) is 5.92 Å². The lowest BCUT2D eigenvalue weighted by molar-refractivity contribution is -0.134. The zero-order valence-corrected chi connectivity index (χ0v) is 19.4. The number of nitrogens with one attached hydrogen (secondary N) is 1. The number of rotatable bonds is 6. The largest absolute Gasteiger partial charge is 0.482 e. The molecule has 3 heterocycles. The lowest BCUT2D eigenvalue weighted by atomic mass is 10.1. The van der Waals surface area contributed by atoms with E-state index in [1.165, 1.54) is 12.8 Å². The molecule has 2 aromatic rings. The molecule has 1 saturated heterocycles. The smallest absolute Gasteiger partial charge is 0.260 e. The van der Waals surface area contributed by atoms with E-state index in [1.807, 2.05) is 17.0 Å². The third kappa shape index (κ3) is 5.80. The van der Waals surface area contributed by atoms with Crippen LogP contribution in [0.3, 0.4) is 0 Å². The van der Waals surface area contributed by atoms with Crippen molar-refractivity contribution in [1.82, 2.24) is 14.8 Å². The molecule has 32 heavy (non-hydrogen) atoms. The van der Waals surface area contributed by atoms with Crippen LogP contribution in [0.4, 0.5) is 5.69 Å². The number of benzene rings is 1. The van der Waals surface area contributed by atoms with Gasteiger partial charge in [0.1, 0.15) is 5.75 Å². The minimum Gasteiger partial charge on any atom is -0.482 e. The summed E-state index contributed by atoms with van der Waals surface area (Å²) in [6.45, 7) is 8.02. The maximum atomic E-state index is 13.3. The van der Waals surface area contributed by atoms with Crippen molar-refractivity contribution < 1.29 is 9.53 Å². The molecular weight excluding hydrogens is 400 g/mol. The summed E-state index contributed by atoms with van der Waals surface area (Å²) in [7, 11) is 0. The Kier molecular flexibility index (Phi) is 7.63. The summed E-state index contributed by atoms with van der Waals surface area (Å²) in [4.78, 5) is 22.1. The molecule has 0 radical (unpaired) electrons. The summed E-state index contributed by atoms with van der Waals surface area (Å²) in [5.74, 6) is 1.33. The number of ether oxygens (including phenoxy) is 1. The predicted octanol–water partition coefficient (Wildman–Crippen LogP) is 4.18. The summed E-state index contributed by atoms with van der Waals surface area (Å²) in [5.41, 5.74) is 2.29. The third-order valence-electron chi connectivity index (χ3n) is 6.69. The minimum absolute atomic E-state index is 0.0233. The molecule has 2 atom stereocenters. The van der Waals surface area contributed by atoms with Crippen LogP contribution in [0.1, 0.15) is 45.1 Å². The summed E-state index contributed by atoms with van der Waals surface area (Å²) >= 11 is 0. The number of nitrogens with zero attached hydrogens (tertiary/aromatic N) is 3. The van der Waals surface area contributed by atoms with E-state index in [1.54, 1.807) is 12.4 Å². The van der Waals surface area contributed by atoms with Crippen LogP contribution < -0.4 is 10.1 Å². The van der Waals surface area contributed by atoms with Crippen molar-refractivity contribution in [2.45, 2.75) is 58.2 Å². The lowest BCUT2D eigenvalue weighted by Gasteiger charge is -2.34. The fourth-order valence-electron chi connectivity index (χ4n) is 4.88. The summed E-state index contributed by atoms with van der Waals surface area (Å²) < 4.78 is 5.76. The van der Waals surface area contributed by atoms with Crippen LogP contribution in [0, 0.1) is 5.92 Å². The molecule has 1 aromatic heterocycles. The van der Waals surface area contributed by atoms with Gasteiger partial charge in [-0.15, -0.1) is 0 Å². The van der Waals surface area contributed by atoms with Crippen LogP contribution in [-0.4, -0.2) is 59.0 Å². The number of amides is 1. The zero-order valence-electron chi connectivity index (χ0n) is 19.4. The highest BCUT2D eigenvalue weighted by molar-refractivity contribution is 5.78. The molecule has 0 spiro atoms. The predicted molar refractivity (Wildman–Crippen MR) is 128 cm³/mol. The van der Waals surface area contributed by atoms with Gasteiger partial charge in [-0.25, -0.2) is 0 Å². The van der Waals surface area contributed by atoms with E-state index in [0.29, 0.717) is 30.3 Å². The Labute approximate surface area is 192 Å². The minimum atomic E-state index is 0.0233. The Hall–Kier alpha value is -2.60. The fraction of sp³-hybridized carbons (Fsp3) is 0.538. The first-order valence-corrected chi connectivity index (χ1v) is 12.0. The van der Waals surface area contributed by atoms with Gasteiger partial charge in [0.15, 0.2) is 6.61 Å². The second-order valence-corrected chi connectivity index (χ2v) is 9.43. The number of fused-ring (bicyclic) bond motifs is 3. The van der Waals surface area contributed by atoms with E-state index >= 15 is 0 Å². The summed E-state index contributed by atoms with van der Waals surface area (Å²) in [5, 5.41) is 3.64. The molecular formula is C26H36N4O2. The van der Waals surface area contributed by atoms with Gasteiger partial charge in [-0.1, -0.05) is 32.0 Å². The van der Waals surface area contributed by atoms with Crippen LogP contribution in [0.25, 0.3) is 0 Å². The van der Waals surface area contributed by atoms with E-state index in [-0.39, 0.29) is 12.5 Å². The summed E-state index contributed by atoms with van der Waals surface area (Å²) in [6, 6.07) is 13.0. The second-order valence-electron chi connectivity index (χ2n) is 9.43. The number of anilines is 1. The molecule has 2 bridgehead atoms. The van der Waals surface area contributed by atoms with Crippen molar-refractivity contribution in [3.63, 3.8) is 0 Å². The first-order chi connectivity index (χ1) is 15.6. The average Bonchev–Trinajstić information content (AvgIpc) is 3.16. The van der Waals surface area contributed by atoms with Crippen molar-refractivity contribution in [2.75, 3.05) is 31.6 Å². The maximum absolute atomic E-state index is 13.3. The van der Waals surface area contributed by atoms with Crippen molar-refractivity contribution in [1.29, 1.82) is 0 Å². The average molecular weight is 437 g/mol. The Balaban J connectivity index is 1.54. The maximum Gasteiger partial charge on any atom is 0.260 e. The summed E-state index contributed by atoms with van der Waals surface area (Å²) in [6.07, 6.45) is 8.04. The van der Waals surface area contributed by atoms with Gasteiger partial charge in [0.2, 0.25) is 0 Å². The topological polar surface area (TPSA) is 57.7 Å². The van der Waals surface area contributed by atoms with Gasteiger partial charge >= 0.3 is 0 Å². The molecule has 2 aliphatic heterocycles. The number of carbonyl (C=O) groups is 1. The van der Waals surface area contributed by atoms with Gasteiger partial charge in [0.05, 0.1) is 6.20 Å². The van der Waals surface area contributed by atoms with Crippen molar-refractivity contribution in [3.8, 4) is 5.75 Å². The highest BCUT2D eigenvalue weighted by atomic mass is 16.5. The van der Waals surface area contributed by atoms with Crippen LogP contribution in [-0.2, 0) is 11.3 Å². The van der Waals surface area contributed by atoms with E-state index in [2.05, 4.69) is 53.3 Å². The molecule has 6 nitrogen and oxygen atoms in total. The van der Waals surface area contributed by atoms with Gasteiger partial charge in [0.25, 0.3) is 5.91 Å². The van der Waals surface area contributed by atoms with Crippen LogP contribution in [0.2, 0.25) is 0 Å². The number of carbonyl (C=O) groups excluding carboxylic acids is 1. The molecule has 4 rings (SSSR count). The van der Waals surface area contributed by atoms with Crippen LogP contribution >= 0.6 is 0 Å². The normalized spacial score (nSPS) is 21.5. The Morgan fingerprint density at radius 3 is 2.81 bits per heavy atom. The van der Waals surface area contributed by atoms with E-state index in [0.717, 1.165) is 43.7 Å². The Morgan fingerprint density at radius 2 is 2.00 bits per heavy atom. The third-order valence-corrected chi connectivity index (χ3v) is 6.69. The zero-order chi connectivity index (χ0) is 22.3. The van der Waals surface area contributed by atoms with Gasteiger partial charge in [-0.2, -0.15) is 0 Å². The highest BCUT2D eigenvalue weighted by Crippen LogP contribution is 2.30. The van der Waals surface area contributed by atoms with Gasteiger partial charge in [0, 0.05) is 43.6 Å². The number of pyridine rings is 1. The van der Waals surface area contributed by atoms with Crippen LogP contribution in [0.5, 0.6) is 5.75 Å². The van der Waals surface area contributed by atoms with E-state index < -0.39 is 0 Å². The molecule has 1 fully saturated rings. The van der Waals surface area contributed by atoms with Gasteiger partial charge in [-0.05, 0) is 61.9 Å². The monoisotopic (exact) mass is 436 g/mol. The van der Waals surface area contributed by atoms with Crippen molar-refractivity contribution >= 4 is 11.6 Å². The lowest BCUT2D eigenvalue weighted by Crippen LogP contribution is -2.46. The molecule has 0 saturated carbocycles. The molecule has 1 N–H and O–H groups in total. The van der Waals surface area contributed by atoms with E-state index in [9.17, 15) is 4.79 Å². The Morgan fingerprint density at radius 1 is 1.16 bits per heavy atom. The molecule has 6 heteroatoms. The van der Waals surface area contributed by atoms with Crippen LogP contribution in [0.15, 0.2) is 48.8 Å². The number of hydrogen-bond acceptors (Lipinski definition) is 5. The number of aromatic nitrogens is 1. The molecule has 1 amide bonds. The number of para-hydroxylation sites is 1. The van der Waals surface area contributed by atoms with Gasteiger partial charge in [-0.3, -0.25) is 14.7 Å². The fourth-order valence-corrected chi connectivity index (χ4v) is 4.88. The second kappa shape index (κ2) is 10.8. The molecule has 0 unspecified atom stereocenters. The van der Waals surface area contributed by atoms with E-state index in [4.69, 9.17) is 4.74 Å². The molecule has 1 aromatic carbocycles.